The van der Waals surface area contributed by atoms with Crippen LogP contribution >= 0.6 is 0 Å². The molecule has 3 nitrogen and oxygen atoms in total. The van der Waals surface area contributed by atoms with E-state index in [0.717, 1.165) is 28.4 Å². The summed E-state index contributed by atoms with van der Waals surface area (Å²) in [5.41, 5.74) is 1.87. The van der Waals surface area contributed by atoms with Crippen LogP contribution in [0.15, 0.2) is 12.6 Å². The molecule has 1 aromatic rings. The minimum Gasteiger partial charge on any atom is -0.496 e. The number of hydrogen-bond donors (Lipinski definition) is 0. The topological polar surface area (TPSA) is 27.7 Å². The molecule has 3 heteroatoms. The molecular formula is C11H12O3. The van der Waals surface area contributed by atoms with Crippen molar-refractivity contribution in [1.29, 1.82) is 0 Å². The molecule has 0 radical (unpaired) electrons. The molecule has 2 rings (SSSR count). The highest BCUT2D eigenvalue weighted by atomic mass is 16.7. The highest BCUT2D eigenvalue weighted by molar-refractivity contribution is 5.68. The van der Waals surface area contributed by atoms with Crippen LogP contribution in [-0.2, 0) is 0 Å². The van der Waals surface area contributed by atoms with Crippen molar-refractivity contribution in [2.24, 2.45) is 0 Å². The van der Waals surface area contributed by atoms with Crippen LogP contribution in [0.3, 0.4) is 0 Å². The van der Waals surface area contributed by atoms with E-state index in [9.17, 15) is 0 Å². The van der Waals surface area contributed by atoms with Crippen LogP contribution in [0.2, 0.25) is 0 Å². The summed E-state index contributed by atoms with van der Waals surface area (Å²) in [4.78, 5) is 0. The van der Waals surface area contributed by atoms with Crippen LogP contribution in [-0.4, -0.2) is 13.9 Å². The van der Waals surface area contributed by atoms with Gasteiger partial charge in [-0.25, -0.2) is 0 Å². The lowest BCUT2D eigenvalue weighted by atomic mass is 10.1. The Kier molecular flexibility index (Phi) is 2.08. The third-order valence-corrected chi connectivity index (χ3v) is 2.31. The fourth-order valence-corrected chi connectivity index (χ4v) is 1.56. The smallest absolute Gasteiger partial charge is 0.231 e. The fraction of sp³-hybridized carbons (Fsp3) is 0.273. The van der Waals surface area contributed by atoms with E-state index >= 15 is 0 Å². The number of hydrogen-bond acceptors (Lipinski definition) is 3. The summed E-state index contributed by atoms with van der Waals surface area (Å²) >= 11 is 0. The van der Waals surface area contributed by atoms with Crippen LogP contribution < -0.4 is 14.2 Å². The van der Waals surface area contributed by atoms with E-state index < -0.39 is 0 Å². The molecule has 1 aliphatic heterocycles. The maximum atomic E-state index is 5.36. The molecule has 1 aromatic carbocycles. The highest BCUT2D eigenvalue weighted by Gasteiger charge is 2.22. The Hall–Kier alpha value is -1.64. The molecule has 0 aliphatic carbocycles. The van der Waals surface area contributed by atoms with E-state index in [1.54, 1.807) is 13.2 Å². The first-order valence-electron chi connectivity index (χ1n) is 4.37. The van der Waals surface area contributed by atoms with Gasteiger partial charge in [-0.2, -0.15) is 0 Å². The zero-order valence-corrected chi connectivity index (χ0v) is 8.29. The SMILES string of the molecule is C=Cc1cc(OC)c(C)c2c1OCO2. The van der Waals surface area contributed by atoms with Crippen molar-refractivity contribution in [2.75, 3.05) is 13.9 Å². The van der Waals surface area contributed by atoms with Gasteiger partial charge in [0, 0.05) is 11.1 Å². The molecular weight excluding hydrogens is 180 g/mol. The fourth-order valence-electron chi connectivity index (χ4n) is 1.56. The number of methoxy groups -OCH3 is 1. The zero-order valence-electron chi connectivity index (χ0n) is 8.29. The number of benzene rings is 1. The second kappa shape index (κ2) is 3.25. The normalized spacial score (nSPS) is 12.7. The molecule has 0 spiro atoms. The Morgan fingerprint density at radius 2 is 2.14 bits per heavy atom. The Morgan fingerprint density at radius 3 is 2.79 bits per heavy atom. The molecule has 0 aromatic heterocycles. The number of ether oxygens (including phenoxy) is 3. The predicted octanol–water partition coefficient (Wildman–Crippen LogP) is 2.38. The third-order valence-electron chi connectivity index (χ3n) is 2.31. The number of rotatable bonds is 2. The van der Waals surface area contributed by atoms with E-state index in [1.807, 2.05) is 13.0 Å². The van der Waals surface area contributed by atoms with Crippen molar-refractivity contribution in [3.05, 3.63) is 23.8 Å². The van der Waals surface area contributed by atoms with Gasteiger partial charge in [-0.15, -0.1) is 0 Å². The van der Waals surface area contributed by atoms with E-state index in [0.29, 0.717) is 0 Å². The van der Waals surface area contributed by atoms with E-state index in [4.69, 9.17) is 14.2 Å². The summed E-state index contributed by atoms with van der Waals surface area (Å²) in [5, 5.41) is 0. The number of fused-ring (bicyclic) bond motifs is 1. The lowest BCUT2D eigenvalue weighted by molar-refractivity contribution is 0.173. The molecule has 0 fully saturated rings. The standard InChI is InChI=1S/C11H12O3/c1-4-8-5-9(12-3)7(2)10-11(8)14-6-13-10/h4-5H,1,6H2,2-3H3. The van der Waals surface area contributed by atoms with Gasteiger partial charge in [0.05, 0.1) is 7.11 Å². The van der Waals surface area contributed by atoms with Gasteiger partial charge in [0.15, 0.2) is 11.5 Å². The van der Waals surface area contributed by atoms with Crippen molar-refractivity contribution in [2.45, 2.75) is 6.92 Å². The lowest BCUT2D eigenvalue weighted by Crippen LogP contribution is -1.94. The average Bonchev–Trinajstić information content (AvgIpc) is 2.68. The Balaban J connectivity index is 2.66. The molecule has 1 heterocycles. The summed E-state index contributed by atoms with van der Waals surface area (Å²) < 4.78 is 15.9. The summed E-state index contributed by atoms with van der Waals surface area (Å²) in [6, 6.07) is 1.90. The van der Waals surface area contributed by atoms with E-state index in [2.05, 4.69) is 6.58 Å². The maximum Gasteiger partial charge on any atom is 0.231 e. The molecule has 0 N–H and O–H groups in total. The molecule has 0 saturated carbocycles. The highest BCUT2D eigenvalue weighted by Crippen LogP contribution is 2.43. The van der Waals surface area contributed by atoms with Crippen molar-refractivity contribution in [3.63, 3.8) is 0 Å². The molecule has 1 aliphatic rings. The maximum absolute atomic E-state index is 5.36. The quantitative estimate of drug-likeness (QED) is 0.720. The van der Waals surface area contributed by atoms with Gasteiger partial charge in [0.1, 0.15) is 5.75 Å². The Labute approximate surface area is 82.9 Å². The van der Waals surface area contributed by atoms with E-state index in [1.165, 1.54) is 0 Å². The Morgan fingerprint density at radius 1 is 1.43 bits per heavy atom. The zero-order chi connectivity index (χ0) is 10.1. The van der Waals surface area contributed by atoms with Gasteiger partial charge in [-0.05, 0) is 13.0 Å². The van der Waals surface area contributed by atoms with Crippen LogP contribution in [0.5, 0.6) is 17.2 Å². The van der Waals surface area contributed by atoms with E-state index in [-0.39, 0.29) is 6.79 Å². The summed E-state index contributed by atoms with van der Waals surface area (Å²) in [6.07, 6.45) is 1.73. The van der Waals surface area contributed by atoms with Crippen molar-refractivity contribution in [3.8, 4) is 17.2 Å². The van der Waals surface area contributed by atoms with Crippen molar-refractivity contribution < 1.29 is 14.2 Å². The minimum absolute atomic E-state index is 0.268. The van der Waals surface area contributed by atoms with Gasteiger partial charge in [0.25, 0.3) is 0 Å². The average molecular weight is 192 g/mol. The van der Waals surface area contributed by atoms with Crippen LogP contribution in [0, 0.1) is 6.92 Å². The molecule has 14 heavy (non-hydrogen) atoms. The summed E-state index contributed by atoms with van der Waals surface area (Å²) in [5.74, 6) is 2.32. The third kappa shape index (κ3) is 1.13. The molecule has 0 bridgehead atoms. The summed E-state index contributed by atoms with van der Waals surface area (Å²) in [6.45, 7) is 5.93. The van der Waals surface area contributed by atoms with Gasteiger partial charge in [-0.1, -0.05) is 12.7 Å². The van der Waals surface area contributed by atoms with Gasteiger partial charge in [0.2, 0.25) is 6.79 Å². The predicted molar refractivity (Wildman–Crippen MR) is 53.9 cm³/mol. The molecule has 74 valence electrons. The molecule has 0 saturated heterocycles. The second-order valence-corrected chi connectivity index (χ2v) is 3.06. The molecule has 0 amide bonds. The first-order chi connectivity index (χ1) is 6.77. The summed E-state index contributed by atoms with van der Waals surface area (Å²) in [7, 11) is 1.64. The largest absolute Gasteiger partial charge is 0.496 e. The molecule has 0 unspecified atom stereocenters. The van der Waals surface area contributed by atoms with Gasteiger partial charge >= 0.3 is 0 Å². The second-order valence-electron chi connectivity index (χ2n) is 3.06. The Bertz CT molecular complexity index is 383. The van der Waals surface area contributed by atoms with Crippen molar-refractivity contribution >= 4 is 6.08 Å². The van der Waals surface area contributed by atoms with Crippen LogP contribution in [0.25, 0.3) is 6.08 Å². The first-order valence-corrected chi connectivity index (χ1v) is 4.37. The molecule has 0 atom stereocenters. The monoisotopic (exact) mass is 192 g/mol. The first kappa shape index (κ1) is 8.94. The van der Waals surface area contributed by atoms with Gasteiger partial charge < -0.3 is 14.2 Å². The lowest BCUT2D eigenvalue weighted by Gasteiger charge is -2.09. The van der Waals surface area contributed by atoms with Gasteiger partial charge in [-0.3, -0.25) is 0 Å². The van der Waals surface area contributed by atoms with Crippen LogP contribution in [0.1, 0.15) is 11.1 Å². The minimum atomic E-state index is 0.268. The van der Waals surface area contributed by atoms with Crippen molar-refractivity contribution in [1.82, 2.24) is 0 Å². The van der Waals surface area contributed by atoms with Crippen LogP contribution in [0.4, 0.5) is 0 Å².